The molecule has 0 aliphatic rings. The molecule has 0 saturated heterocycles. The van der Waals surface area contributed by atoms with Crippen molar-refractivity contribution in [2.45, 2.75) is 31.7 Å². The maximum Gasteiger partial charge on any atom is 0.414 e. The van der Waals surface area contributed by atoms with Gasteiger partial charge in [-0.2, -0.15) is 18.4 Å². The number of rotatable bonds is 4. The lowest BCUT2D eigenvalue weighted by molar-refractivity contribution is -0.214. The first-order valence-corrected chi connectivity index (χ1v) is 3.71. The van der Waals surface area contributed by atoms with Crippen LogP contribution in [0.3, 0.4) is 0 Å². The van der Waals surface area contributed by atoms with Crippen LogP contribution in [0.1, 0.15) is 13.3 Å². The standard InChI is InChI=1S/C7H11F3N2O/c1-5(7(8,9)10)13-3-2-6(12)4-11/h5-6H,2-3,12H2,1H3. The molecule has 0 fully saturated rings. The highest BCUT2D eigenvalue weighted by molar-refractivity contribution is 4.85. The summed E-state index contributed by atoms with van der Waals surface area (Å²) in [6.07, 6.45) is -6.05. The number of ether oxygens (including phenoxy) is 1. The van der Waals surface area contributed by atoms with Crippen molar-refractivity contribution in [1.29, 1.82) is 5.26 Å². The molecular formula is C7H11F3N2O. The predicted octanol–water partition coefficient (Wildman–Crippen LogP) is 1.19. The van der Waals surface area contributed by atoms with Gasteiger partial charge in [0.05, 0.1) is 12.1 Å². The van der Waals surface area contributed by atoms with E-state index in [1.54, 1.807) is 6.07 Å². The first-order valence-electron chi connectivity index (χ1n) is 3.71. The van der Waals surface area contributed by atoms with Crippen molar-refractivity contribution in [3.63, 3.8) is 0 Å². The highest BCUT2D eigenvalue weighted by atomic mass is 19.4. The van der Waals surface area contributed by atoms with Crippen LogP contribution in [0.25, 0.3) is 0 Å². The van der Waals surface area contributed by atoms with Gasteiger partial charge >= 0.3 is 6.18 Å². The van der Waals surface area contributed by atoms with Crippen molar-refractivity contribution in [2.24, 2.45) is 5.73 Å². The van der Waals surface area contributed by atoms with Crippen LogP contribution in [0.5, 0.6) is 0 Å². The Bertz CT molecular complexity index is 187. The first kappa shape index (κ1) is 12.2. The Labute approximate surface area is 74.3 Å². The molecule has 0 bridgehead atoms. The van der Waals surface area contributed by atoms with Crippen LogP contribution in [0, 0.1) is 11.3 Å². The van der Waals surface area contributed by atoms with Crippen molar-refractivity contribution in [1.82, 2.24) is 0 Å². The van der Waals surface area contributed by atoms with Gasteiger partial charge in [0, 0.05) is 6.61 Å². The highest BCUT2D eigenvalue weighted by Crippen LogP contribution is 2.22. The number of nitriles is 1. The van der Waals surface area contributed by atoms with Crippen molar-refractivity contribution in [3.05, 3.63) is 0 Å². The molecule has 2 N–H and O–H groups in total. The molecule has 0 aromatic carbocycles. The third-order valence-electron chi connectivity index (χ3n) is 1.42. The van der Waals surface area contributed by atoms with E-state index in [9.17, 15) is 13.2 Å². The van der Waals surface area contributed by atoms with E-state index in [4.69, 9.17) is 11.0 Å². The molecule has 0 aliphatic heterocycles. The molecule has 0 spiro atoms. The molecule has 0 heterocycles. The van der Waals surface area contributed by atoms with Crippen LogP contribution in [-0.4, -0.2) is 24.9 Å². The summed E-state index contributed by atoms with van der Waals surface area (Å²) in [6, 6.07) is 0.930. The van der Waals surface area contributed by atoms with Crippen LogP contribution < -0.4 is 5.73 Å². The topological polar surface area (TPSA) is 59.0 Å². The zero-order valence-electron chi connectivity index (χ0n) is 7.14. The van der Waals surface area contributed by atoms with E-state index >= 15 is 0 Å². The Kier molecular flexibility index (Phi) is 4.73. The molecular weight excluding hydrogens is 185 g/mol. The second-order valence-corrected chi connectivity index (χ2v) is 2.58. The average Bonchev–Trinajstić information content (AvgIpc) is 2.02. The molecule has 0 aromatic rings. The maximum atomic E-state index is 11.8. The van der Waals surface area contributed by atoms with Crippen LogP contribution in [0.15, 0.2) is 0 Å². The lowest BCUT2D eigenvalue weighted by atomic mass is 10.2. The number of nitrogens with zero attached hydrogens (tertiary/aromatic N) is 1. The molecule has 0 radical (unpaired) electrons. The molecule has 3 nitrogen and oxygen atoms in total. The fraction of sp³-hybridized carbons (Fsp3) is 0.857. The molecule has 76 valence electrons. The minimum absolute atomic E-state index is 0.108. The molecule has 0 rings (SSSR count). The van der Waals surface area contributed by atoms with Gasteiger partial charge in [-0.15, -0.1) is 0 Å². The van der Waals surface area contributed by atoms with Gasteiger partial charge in [0.15, 0.2) is 6.10 Å². The molecule has 6 heteroatoms. The van der Waals surface area contributed by atoms with E-state index < -0.39 is 18.3 Å². The zero-order valence-corrected chi connectivity index (χ0v) is 7.14. The van der Waals surface area contributed by atoms with Gasteiger partial charge in [0.2, 0.25) is 0 Å². The SMILES string of the molecule is CC(OCCC(N)C#N)C(F)(F)F. The van der Waals surface area contributed by atoms with Gasteiger partial charge in [-0.3, -0.25) is 0 Å². The first-order chi connectivity index (χ1) is 5.88. The summed E-state index contributed by atoms with van der Waals surface area (Å²) in [5.74, 6) is 0. The van der Waals surface area contributed by atoms with Gasteiger partial charge in [-0.25, -0.2) is 0 Å². The number of hydrogen-bond acceptors (Lipinski definition) is 3. The molecule has 13 heavy (non-hydrogen) atoms. The van der Waals surface area contributed by atoms with Crippen LogP contribution in [0.2, 0.25) is 0 Å². The third kappa shape index (κ3) is 5.44. The second-order valence-electron chi connectivity index (χ2n) is 2.58. The molecule has 2 atom stereocenters. The van der Waals surface area contributed by atoms with Gasteiger partial charge in [0.25, 0.3) is 0 Å². The van der Waals surface area contributed by atoms with Gasteiger partial charge in [0.1, 0.15) is 0 Å². The summed E-state index contributed by atoms with van der Waals surface area (Å²) in [6.45, 7) is 0.757. The molecule has 0 aliphatic carbocycles. The van der Waals surface area contributed by atoms with Crippen molar-refractivity contribution in [2.75, 3.05) is 6.61 Å². The van der Waals surface area contributed by atoms with E-state index in [0.717, 1.165) is 6.92 Å². The normalized spacial score (nSPS) is 16.3. The van der Waals surface area contributed by atoms with Gasteiger partial charge < -0.3 is 10.5 Å². The summed E-state index contributed by atoms with van der Waals surface area (Å²) >= 11 is 0. The van der Waals surface area contributed by atoms with Crippen molar-refractivity contribution >= 4 is 0 Å². The Morgan fingerprint density at radius 2 is 2.08 bits per heavy atom. The quantitative estimate of drug-likeness (QED) is 0.734. The summed E-state index contributed by atoms with van der Waals surface area (Å²) in [7, 11) is 0. The lowest BCUT2D eigenvalue weighted by Gasteiger charge is -2.16. The van der Waals surface area contributed by atoms with Gasteiger partial charge in [-0.05, 0) is 13.3 Å². The summed E-state index contributed by atoms with van der Waals surface area (Å²) in [5.41, 5.74) is 5.15. The van der Waals surface area contributed by atoms with E-state index in [-0.39, 0.29) is 13.0 Å². The Hall–Kier alpha value is -0.800. The van der Waals surface area contributed by atoms with Crippen molar-refractivity contribution in [3.8, 4) is 6.07 Å². The molecule has 0 amide bonds. The minimum Gasteiger partial charge on any atom is -0.369 e. The van der Waals surface area contributed by atoms with E-state index in [2.05, 4.69) is 4.74 Å². The highest BCUT2D eigenvalue weighted by Gasteiger charge is 2.36. The summed E-state index contributed by atoms with van der Waals surface area (Å²) in [4.78, 5) is 0. The molecule has 2 unspecified atom stereocenters. The van der Waals surface area contributed by atoms with E-state index in [1.165, 1.54) is 0 Å². The Morgan fingerprint density at radius 1 is 1.54 bits per heavy atom. The van der Waals surface area contributed by atoms with Crippen molar-refractivity contribution < 1.29 is 17.9 Å². The molecule has 0 saturated carbocycles. The fourth-order valence-electron chi connectivity index (χ4n) is 0.531. The number of hydrogen-bond donors (Lipinski definition) is 1. The van der Waals surface area contributed by atoms with E-state index in [0.29, 0.717) is 0 Å². The monoisotopic (exact) mass is 196 g/mol. The summed E-state index contributed by atoms with van der Waals surface area (Å²) < 4.78 is 39.9. The number of halogens is 3. The summed E-state index contributed by atoms with van der Waals surface area (Å²) in [5, 5.41) is 8.21. The van der Waals surface area contributed by atoms with Crippen LogP contribution in [-0.2, 0) is 4.74 Å². The number of alkyl halides is 3. The second kappa shape index (κ2) is 5.04. The van der Waals surface area contributed by atoms with E-state index in [1.807, 2.05) is 0 Å². The Balaban J connectivity index is 3.61. The minimum atomic E-state index is -4.35. The van der Waals surface area contributed by atoms with Gasteiger partial charge in [-0.1, -0.05) is 0 Å². The largest absolute Gasteiger partial charge is 0.414 e. The average molecular weight is 196 g/mol. The number of nitrogens with two attached hydrogens (primary N) is 1. The smallest absolute Gasteiger partial charge is 0.369 e. The maximum absolute atomic E-state index is 11.8. The van der Waals surface area contributed by atoms with Crippen LogP contribution >= 0.6 is 0 Å². The molecule has 0 aromatic heterocycles. The lowest BCUT2D eigenvalue weighted by Crippen LogP contribution is -2.30. The predicted molar refractivity (Wildman–Crippen MR) is 39.7 cm³/mol. The third-order valence-corrected chi connectivity index (χ3v) is 1.42. The van der Waals surface area contributed by atoms with Crippen LogP contribution in [0.4, 0.5) is 13.2 Å². The Morgan fingerprint density at radius 3 is 2.46 bits per heavy atom. The zero-order chi connectivity index (χ0) is 10.5. The fourth-order valence-corrected chi connectivity index (χ4v) is 0.531.